The SMILES string of the molecule is Cc1nn(C)c(C)c1CN1CCN(C(=O)[C@@H](C)N)CC1. The number of rotatable bonds is 3. The lowest BCUT2D eigenvalue weighted by Gasteiger charge is -2.35. The average Bonchev–Trinajstić information content (AvgIpc) is 2.65. The standard InChI is InChI=1S/C14H25N5O/c1-10(15)14(20)19-7-5-18(6-8-19)9-13-11(2)16-17(4)12(13)3/h10H,5-9,15H2,1-4H3/t10-/m1/s1. The third kappa shape index (κ3) is 3.02. The first kappa shape index (κ1) is 15.0. The molecule has 112 valence electrons. The predicted molar refractivity (Wildman–Crippen MR) is 78.2 cm³/mol. The van der Waals surface area contributed by atoms with E-state index in [1.807, 2.05) is 16.6 Å². The smallest absolute Gasteiger partial charge is 0.239 e. The van der Waals surface area contributed by atoms with Crippen molar-refractivity contribution in [3.63, 3.8) is 0 Å². The van der Waals surface area contributed by atoms with E-state index in [4.69, 9.17) is 5.73 Å². The molecule has 2 rings (SSSR count). The van der Waals surface area contributed by atoms with Gasteiger partial charge in [0.05, 0.1) is 11.7 Å². The first-order valence-electron chi connectivity index (χ1n) is 7.16. The molecule has 0 spiro atoms. The van der Waals surface area contributed by atoms with Gasteiger partial charge in [0.25, 0.3) is 0 Å². The summed E-state index contributed by atoms with van der Waals surface area (Å²) in [4.78, 5) is 16.1. The van der Waals surface area contributed by atoms with E-state index in [0.29, 0.717) is 0 Å². The van der Waals surface area contributed by atoms with Gasteiger partial charge in [-0.25, -0.2) is 0 Å². The maximum atomic E-state index is 11.8. The van der Waals surface area contributed by atoms with Gasteiger partial charge in [-0.15, -0.1) is 0 Å². The zero-order valence-corrected chi connectivity index (χ0v) is 12.9. The van der Waals surface area contributed by atoms with E-state index in [1.54, 1.807) is 6.92 Å². The zero-order valence-electron chi connectivity index (χ0n) is 12.9. The molecule has 1 saturated heterocycles. The lowest BCUT2D eigenvalue weighted by Crippen LogP contribution is -2.52. The summed E-state index contributed by atoms with van der Waals surface area (Å²) in [5.41, 5.74) is 9.27. The van der Waals surface area contributed by atoms with E-state index in [0.717, 1.165) is 38.4 Å². The Morgan fingerprint density at radius 3 is 2.35 bits per heavy atom. The molecular weight excluding hydrogens is 254 g/mol. The molecular formula is C14H25N5O. The molecule has 0 unspecified atom stereocenters. The fourth-order valence-corrected chi connectivity index (χ4v) is 2.68. The lowest BCUT2D eigenvalue weighted by molar-refractivity contribution is -0.134. The second-order valence-corrected chi connectivity index (χ2v) is 5.66. The molecule has 1 aromatic heterocycles. The number of amides is 1. The summed E-state index contributed by atoms with van der Waals surface area (Å²) in [5, 5.41) is 4.45. The molecule has 0 saturated carbocycles. The van der Waals surface area contributed by atoms with Crippen LogP contribution in [0.4, 0.5) is 0 Å². The fourth-order valence-electron chi connectivity index (χ4n) is 2.68. The molecule has 6 heteroatoms. The number of aromatic nitrogens is 2. The van der Waals surface area contributed by atoms with Crippen molar-refractivity contribution < 1.29 is 4.79 Å². The van der Waals surface area contributed by atoms with Gasteiger partial charge in [0, 0.05) is 51.0 Å². The molecule has 0 aromatic carbocycles. The normalized spacial score (nSPS) is 18.4. The number of aryl methyl sites for hydroxylation is 2. The van der Waals surface area contributed by atoms with Crippen LogP contribution in [-0.2, 0) is 18.4 Å². The number of carbonyl (C=O) groups excluding carboxylic acids is 1. The molecule has 0 bridgehead atoms. The summed E-state index contributed by atoms with van der Waals surface area (Å²) in [6.45, 7) is 10.1. The van der Waals surface area contributed by atoms with Crippen molar-refractivity contribution in [1.82, 2.24) is 19.6 Å². The number of hydrogen-bond acceptors (Lipinski definition) is 4. The minimum absolute atomic E-state index is 0.0541. The molecule has 0 radical (unpaired) electrons. The molecule has 2 N–H and O–H groups in total. The number of hydrogen-bond donors (Lipinski definition) is 1. The van der Waals surface area contributed by atoms with Crippen molar-refractivity contribution in [2.45, 2.75) is 33.4 Å². The number of nitrogens with zero attached hydrogens (tertiary/aromatic N) is 4. The summed E-state index contributed by atoms with van der Waals surface area (Å²) in [5.74, 6) is 0.0541. The van der Waals surface area contributed by atoms with Gasteiger partial charge in [-0.3, -0.25) is 14.4 Å². The van der Waals surface area contributed by atoms with Gasteiger partial charge >= 0.3 is 0 Å². The second-order valence-electron chi connectivity index (χ2n) is 5.66. The van der Waals surface area contributed by atoms with Crippen LogP contribution in [0.5, 0.6) is 0 Å². The van der Waals surface area contributed by atoms with E-state index >= 15 is 0 Å². The Hall–Kier alpha value is -1.40. The van der Waals surface area contributed by atoms with Gasteiger partial charge in [0.1, 0.15) is 0 Å². The molecule has 20 heavy (non-hydrogen) atoms. The highest BCUT2D eigenvalue weighted by Gasteiger charge is 2.24. The highest BCUT2D eigenvalue weighted by atomic mass is 16.2. The van der Waals surface area contributed by atoms with Gasteiger partial charge in [0.2, 0.25) is 5.91 Å². The van der Waals surface area contributed by atoms with Crippen LogP contribution < -0.4 is 5.73 Å². The molecule has 1 fully saturated rings. The molecule has 1 amide bonds. The van der Waals surface area contributed by atoms with Crippen molar-refractivity contribution in [2.24, 2.45) is 12.8 Å². The third-order valence-corrected chi connectivity index (χ3v) is 4.11. The van der Waals surface area contributed by atoms with Crippen LogP contribution in [0, 0.1) is 13.8 Å². The molecule has 6 nitrogen and oxygen atoms in total. The van der Waals surface area contributed by atoms with Crippen molar-refractivity contribution in [3.05, 3.63) is 17.0 Å². The van der Waals surface area contributed by atoms with Gasteiger partial charge < -0.3 is 10.6 Å². The van der Waals surface area contributed by atoms with Crippen molar-refractivity contribution in [2.75, 3.05) is 26.2 Å². The summed E-state index contributed by atoms with van der Waals surface area (Å²) in [7, 11) is 1.98. The summed E-state index contributed by atoms with van der Waals surface area (Å²) >= 11 is 0. The highest BCUT2D eigenvalue weighted by Crippen LogP contribution is 2.16. The van der Waals surface area contributed by atoms with Crippen molar-refractivity contribution >= 4 is 5.91 Å². The Labute approximate surface area is 120 Å². The minimum Gasteiger partial charge on any atom is -0.339 e. The van der Waals surface area contributed by atoms with Crippen LogP contribution in [0.15, 0.2) is 0 Å². The van der Waals surface area contributed by atoms with Crippen LogP contribution >= 0.6 is 0 Å². The monoisotopic (exact) mass is 279 g/mol. The Balaban J connectivity index is 1.93. The molecule has 1 aliphatic heterocycles. The van der Waals surface area contributed by atoms with E-state index < -0.39 is 6.04 Å². The van der Waals surface area contributed by atoms with Crippen LogP contribution in [0.3, 0.4) is 0 Å². The summed E-state index contributed by atoms with van der Waals surface area (Å²) in [6.07, 6.45) is 0. The average molecular weight is 279 g/mol. The lowest BCUT2D eigenvalue weighted by atomic mass is 10.1. The van der Waals surface area contributed by atoms with Crippen LogP contribution in [0.1, 0.15) is 23.9 Å². The van der Waals surface area contributed by atoms with E-state index in [1.165, 1.54) is 11.3 Å². The van der Waals surface area contributed by atoms with Crippen molar-refractivity contribution in [1.29, 1.82) is 0 Å². The third-order valence-electron chi connectivity index (χ3n) is 4.11. The van der Waals surface area contributed by atoms with Crippen LogP contribution in [0.25, 0.3) is 0 Å². The summed E-state index contributed by atoms with van der Waals surface area (Å²) < 4.78 is 1.93. The Morgan fingerprint density at radius 2 is 1.90 bits per heavy atom. The maximum absolute atomic E-state index is 11.8. The Morgan fingerprint density at radius 1 is 1.30 bits per heavy atom. The predicted octanol–water partition coefficient (Wildman–Crippen LogP) is 0.0283. The number of carbonyl (C=O) groups is 1. The zero-order chi connectivity index (χ0) is 14.9. The van der Waals surface area contributed by atoms with Gasteiger partial charge in [-0.05, 0) is 20.8 Å². The van der Waals surface area contributed by atoms with Gasteiger partial charge in [-0.1, -0.05) is 0 Å². The first-order valence-corrected chi connectivity index (χ1v) is 7.16. The largest absolute Gasteiger partial charge is 0.339 e. The molecule has 0 aliphatic carbocycles. The van der Waals surface area contributed by atoms with Crippen LogP contribution in [-0.4, -0.2) is 57.7 Å². The topological polar surface area (TPSA) is 67.4 Å². The number of nitrogens with two attached hydrogens (primary N) is 1. The second kappa shape index (κ2) is 5.93. The van der Waals surface area contributed by atoms with E-state index in [9.17, 15) is 4.79 Å². The molecule has 2 heterocycles. The van der Waals surface area contributed by atoms with Crippen LogP contribution in [0.2, 0.25) is 0 Å². The first-order chi connectivity index (χ1) is 9.40. The Kier molecular flexibility index (Phi) is 4.45. The summed E-state index contributed by atoms with van der Waals surface area (Å²) in [6, 6.07) is -0.399. The van der Waals surface area contributed by atoms with E-state index in [2.05, 4.69) is 23.8 Å². The van der Waals surface area contributed by atoms with Gasteiger partial charge in [-0.2, -0.15) is 5.10 Å². The number of piperazine rings is 1. The quantitative estimate of drug-likeness (QED) is 0.847. The molecule has 1 aromatic rings. The fraction of sp³-hybridized carbons (Fsp3) is 0.714. The minimum atomic E-state index is -0.399. The maximum Gasteiger partial charge on any atom is 0.239 e. The molecule has 1 aliphatic rings. The van der Waals surface area contributed by atoms with Gasteiger partial charge in [0.15, 0.2) is 0 Å². The molecule has 1 atom stereocenters. The Bertz CT molecular complexity index is 486. The highest BCUT2D eigenvalue weighted by molar-refractivity contribution is 5.81. The van der Waals surface area contributed by atoms with Crippen molar-refractivity contribution in [3.8, 4) is 0 Å². The van der Waals surface area contributed by atoms with E-state index in [-0.39, 0.29) is 5.91 Å².